The molecule has 4 atom stereocenters. The van der Waals surface area contributed by atoms with E-state index >= 15 is 0 Å². The molecule has 0 aromatic rings. The minimum Gasteiger partial charge on any atom is -0.0842 e. The second kappa shape index (κ2) is 1.66. The summed E-state index contributed by atoms with van der Waals surface area (Å²) in [4.78, 5) is 0. The van der Waals surface area contributed by atoms with Crippen molar-refractivity contribution in [3.8, 4) is 0 Å². The van der Waals surface area contributed by atoms with Crippen LogP contribution in [0, 0.1) is 34.5 Å². The third-order valence-corrected chi connectivity index (χ3v) is 6.04. The van der Waals surface area contributed by atoms with E-state index in [4.69, 9.17) is 0 Å². The van der Waals surface area contributed by atoms with Crippen molar-refractivity contribution in [1.82, 2.24) is 0 Å². The minimum absolute atomic E-state index is 0.713. The van der Waals surface area contributed by atoms with Gasteiger partial charge in [0.25, 0.3) is 0 Å². The second-order valence-corrected chi connectivity index (χ2v) is 6.37. The highest BCUT2D eigenvalue weighted by atomic mass is 14.8. The van der Waals surface area contributed by atoms with Crippen LogP contribution in [-0.2, 0) is 0 Å². The molecular formula is C14H16. The van der Waals surface area contributed by atoms with Gasteiger partial charge in [-0.15, -0.1) is 0 Å². The molecule has 4 unspecified atom stereocenters. The molecule has 0 aliphatic heterocycles. The zero-order valence-electron chi connectivity index (χ0n) is 8.45. The Kier molecular flexibility index (Phi) is 0.815. The Morgan fingerprint density at radius 3 is 2.36 bits per heavy atom. The topological polar surface area (TPSA) is 0 Å². The molecule has 3 fully saturated rings. The summed E-state index contributed by atoms with van der Waals surface area (Å²) >= 11 is 0. The van der Waals surface area contributed by atoms with Crippen LogP contribution in [0.2, 0.25) is 0 Å². The highest BCUT2D eigenvalue weighted by Gasteiger charge is 2.72. The van der Waals surface area contributed by atoms with Crippen molar-refractivity contribution in [2.45, 2.75) is 25.7 Å². The molecule has 0 radical (unpaired) electrons. The monoisotopic (exact) mass is 184 g/mol. The molecule has 5 aliphatic rings. The summed E-state index contributed by atoms with van der Waals surface area (Å²) in [6.07, 6.45) is 16.4. The molecule has 2 bridgehead atoms. The molecule has 0 aromatic carbocycles. The Morgan fingerprint density at radius 1 is 0.857 bits per heavy atom. The van der Waals surface area contributed by atoms with Crippen LogP contribution in [0.4, 0.5) is 0 Å². The van der Waals surface area contributed by atoms with Crippen molar-refractivity contribution in [3.63, 3.8) is 0 Å². The van der Waals surface area contributed by atoms with Gasteiger partial charge in [-0.25, -0.2) is 0 Å². The Balaban J connectivity index is 1.72. The van der Waals surface area contributed by atoms with Crippen LogP contribution >= 0.6 is 0 Å². The smallest absolute Gasteiger partial charge is 0.00776 e. The largest absolute Gasteiger partial charge is 0.0842 e. The van der Waals surface area contributed by atoms with Gasteiger partial charge >= 0.3 is 0 Å². The van der Waals surface area contributed by atoms with Crippen LogP contribution in [0.25, 0.3) is 0 Å². The van der Waals surface area contributed by atoms with E-state index in [-0.39, 0.29) is 0 Å². The quantitative estimate of drug-likeness (QED) is 0.507. The van der Waals surface area contributed by atoms with Gasteiger partial charge in [0.1, 0.15) is 0 Å². The molecule has 3 saturated carbocycles. The van der Waals surface area contributed by atoms with Crippen LogP contribution in [0.5, 0.6) is 0 Å². The Morgan fingerprint density at radius 2 is 1.64 bits per heavy atom. The first-order valence-corrected chi connectivity index (χ1v) is 6.24. The second-order valence-electron chi connectivity index (χ2n) is 6.37. The van der Waals surface area contributed by atoms with E-state index in [0.29, 0.717) is 5.41 Å². The van der Waals surface area contributed by atoms with Crippen LogP contribution in [0.1, 0.15) is 25.7 Å². The molecule has 2 spiro atoms. The average molecular weight is 184 g/mol. The highest BCUT2D eigenvalue weighted by molar-refractivity contribution is 5.38. The molecule has 14 heavy (non-hydrogen) atoms. The van der Waals surface area contributed by atoms with Gasteiger partial charge in [-0.3, -0.25) is 0 Å². The van der Waals surface area contributed by atoms with Gasteiger partial charge in [0.15, 0.2) is 0 Å². The van der Waals surface area contributed by atoms with Crippen molar-refractivity contribution in [2.75, 3.05) is 0 Å². The van der Waals surface area contributed by atoms with Crippen LogP contribution in [-0.4, -0.2) is 0 Å². The van der Waals surface area contributed by atoms with Gasteiger partial charge in [0.2, 0.25) is 0 Å². The van der Waals surface area contributed by atoms with Crippen LogP contribution in [0.3, 0.4) is 0 Å². The van der Waals surface area contributed by atoms with Gasteiger partial charge in [-0.2, -0.15) is 0 Å². The molecular weight excluding hydrogens is 168 g/mol. The van der Waals surface area contributed by atoms with Gasteiger partial charge in [0.05, 0.1) is 0 Å². The van der Waals surface area contributed by atoms with Crippen molar-refractivity contribution in [1.29, 1.82) is 0 Å². The third-order valence-electron chi connectivity index (χ3n) is 6.04. The molecule has 72 valence electrons. The lowest BCUT2D eigenvalue weighted by atomic mass is 9.78. The van der Waals surface area contributed by atoms with E-state index in [0.717, 1.165) is 29.1 Å². The SMILES string of the molecule is C1=CC2(CC2)C2C1C1C=CC2C12CC2. The molecule has 0 heterocycles. The fourth-order valence-electron chi connectivity index (χ4n) is 5.15. The Labute approximate surface area is 85.1 Å². The summed E-state index contributed by atoms with van der Waals surface area (Å²) in [5.41, 5.74) is 1.51. The van der Waals surface area contributed by atoms with E-state index in [1.54, 1.807) is 0 Å². The Hall–Kier alpha value is -0.520. The fourth-order valence-corrected chi connectivity index (χ4v) is 5.15. The van der Waals surface area contributed by atoms with E-state index in [1.807, 2.05) is 0 Å². The third kappa shape index (κ3) is 0.495. The van der Waals surface area contributed by atoms with E-state index < -0.39 is 0 Å². The lowest BCUT2D eigenvalue weighted by Crippen LogP contribution is -2.21. The molecule has 5 rings (SSSR count). The average Bonchev–Trinajstić information content (AvgIpc) is 3.02. The number of hydrogen-bond donors (Lipinski definition) is 0. The maximum Gasteiger partial charge on any atom is -0.00776 e. The lowest BCUT2D eigenvalue weighted by molar-refractivity contribution is 0.277. The van der Waals surface area contributed by atoms with Crippen LogP contribution < -0.4 is 0 Å². The summed E-state index contributed by atoms with van der Waals surface area (Å²) in [5, 5.41) is 0. The van der Waals surface area contributed by atoms with Gasteiger partial charge in [0, 0.05) is 0 Å². The van der Waals surface area contributed by atoms with E-state index in [9.17, 15) is 0 Å². The maximum atomic E-state index is 2.59. The van der Waals surface area contributed by atoms with Crippen molar-refractivity contribution >= 4 is 0 Å². The Bertz CT molecular complexity index is 379. The van der Waals surface area contributed by atoms with E-state index in [2.05, 4.69) is 24.3 Å². The first kappa shape index (κ1) is 6.87. The first-order valence-electron chi connectivity index (χ1n) is 6.24. The summed E-state index contributed by atoms with van der Waals surface area (Å²) in [5.74, 6) is 3.93. The van der Waals surface area contributed by atoms with Gasteiger partial charge < -0.3 is 0 Å². The van der Waals surface area contributed by atoms with Crippen LogP contribution in [0.15, 0.2) is 24.3 Å². The van der Waals surface area contributed by atoms with E-state index in [1.165, 1.54) is 25.7 Å². The predicted molar refractivity (Wildman–Crippen MR) is 55.6 cm³/mol. The molecule has 0 saturated heterocycles. The fraction of sp³-hybridized carbons (Fsp3) is 0.714. The molecule has 0 aromatic heterocycles. The summed E-state index contributed by atoms with van der Waals surface area (Å²) < 4.78 is 0. The van der Waals surface area contributed by atoms with Gasteiger partial charge in [-0.05, 0) is 60.2 Å². The minimum atomic E-state index is 0.713. The summed E-state index contributed by atoms with van der Waals surface area (Å²) in [6, 6.07) is 0. The predicted octanol–water partition coefficient (Wildman–Crippen LogP) is 3.16. The van der Waals surface area contributed by atoms with Crippen molar-refractivity contribution in [3.05, 3.63) is 24.3 Å². The number of hydrogen-bond acceptors (Lipinski definition) is 0. The molecule has 5 aliphatic carbocycles. The summed E-state index contributed by atoms with van der Waals surface area (Å²) in [6.45, 7) is 0. The standard InChI is InChI=1S/C14H16/c1-2-11-12-9(3-4-13(12)5-6-13)10(1)14(11)7-8-14/h1-4,9-12H,5-8H2. The molecule has 0 nitrogen and oxygen atoms in total. The number of allylic oxidation sites excluding steroid dienone is 4. The summed E-state index contributed by atoms with van der Waals surface area (Å²) in [7, 11) is 0. The zero-order chi connectivity index (χ0) is 8.97. The molecule has 0 N–H and O–H groups in total. The van der Waals surface area contributed by atoms with Crippen molar-refractivity contribution < 1.29 is 0 Å². The van der Waals surface area contributed by atoms with Crippen molar-refractivity contribution in [2.24, 2.45) is 34.5 Å². The maximum absolute atomic E-state index is 2.59. The normalized spacial score (nSPS) is 56.0. The lowest BCUT2D eigenvalue weighted by Gasteiger charge is -2.26. The molecule has 0 heteroatoms. The first-order chi connectivity index (χ1) is 6.86. The number of fused-ring (bicyclic) bond motifs is 4. The highest BCUT2D eigenvalue weighted by Crippen LogP contribution is 2.79. The zero-order valence-corrected chi connectivity index (χ0v) is 8.45. The number of rotatable bonds is 0. The molecule has 0 amide bonds. The van der Waals surface area contributed by atoms with Gasteiger partial charge in [-0.1, -0.05) is 24.3 Å².